The zero-order valence-corrected chi connectivity index (χ0v) is 15.3. The third kappa shape index (κ3) is 4.74. The number of nitrogens with two attached hydrogens (primary N) is 1. The molecule has 4 nitrogen and oxygen atoms in total. The number of rotatable bonds is 4. The van der Waals surface area contributed by atoms with Crippen molar-refractivity contribution in [1.29, 1.82) is 0 Å². The molecule has 0 spiro atoms. The Bertz CT molecular complexity index is 712. The molecule has 0 aromatic heterocycles. The van der Waals surface area contributed by atoms with Crippen LogP contribution in [0.25, 0.3) is 0 Å². The second-order valence-corrected chi connectivity index (χ2v) is 6.34. The molecule has 0 unspecified atom stereocenters. The van der Waals surface area contributed by atoms with Gasteiger partial charge in [-0.3, -0.25) is 4.79 Å². The molecule has 1 aliphatic heterocycles. The number of carbonyl (C=O) groups is 1. The number of para-hydroxylation sites is 1. The molecular weight excluding hydrogens is 336 g/mol. The summed E-state index contributed by atoms with van der Waals surface area (Å²) < 4.78 is 5.96. The quantitative estimate of drug-likeness (QED) is 0.907. The van der Waals surface area contributed by atoms with E-state index in [9.17, 15) is 4.79 Å². The molecule has 1 aliphatic rings. The van der Waals surface area contributed by atoms with Crippen LogP contribution < -0.4 is 10.5 Å². The summed E-state index contributed by atoms with van der Waals surface area (Å²) in [5.41, 5.74) is 8.87. The van der Waals surface area contributed by atoms with Crippen molar-refractivity contribution in [2.45, 2.75) is 32.4 Å². The standard InChI is InChI=1S/C20H24N2O2.ClH/c1-15-6-2-3-7-16(15)14-24-19-9-5-4-8-18(19)20(23)22-12-10-17(21)11-13-22;/h2-9,17H,10-14,21H2,1H3;1H. The summed E-state index contributed by atoms with van der Waals surface area (Å²) in [6.07, 6.45) is 1.72. The molecule has 0 radical (unpaired) electrons. The fourth-order valence-electron chi connectivity index (χ4n) is 2.97. The molecule has 25 heavy (non-hydrogen) atoms. The van der Waals surface area contributed by atoms with Crippen LogP contribution in [-0.4, -0.2) is 29.9 Å². The predicted molar refractivity (Wildman–Crippen MR) is 102 cm³/mol. The lowest BCUT2D eigenvalue weighted by atomic mass is 10.0. The predicted octanol–water partition coefficient (Wildman–Crippen LogP) is 3.56. The Morgan fingerprint density at radius 1 is 1.12 bits per heavy atom. The summed E-state index contributed by atoms with van der Waals surface area (Å²) in [7, 11) is 0. The molecule has 1 saturated heterocycles. The normalized spacial score (nSPS) is 14.7. The number of nitrogens with zero attached hydrogens (tertiary/aromatic N) is 1. The van der Waals surface area contributed by atoms with Crippen LogP contribution in [0.15, 0.2) is 48.5 Å². The fraction of sp³-hybridized carbons (Fsp3) is 0.350. The second-order valence-electron chi connectivity index (χ2n) is 6.34. The lowest BCUT2D eigenvalue weighted by molar-refractivity contribution is 0.0710. The van der Waals surface area contributed by atoms with Crippen molar-refractivity contribution in [2.24, 2.45) is 5.73 Å². The summed E-state index contributed by atoms with van der Waals surface area (Å²) in [5, 5.41) is 0. The maximum Gasteiger partial charge on any atom is 0.257 e. The number of ether oxygens (including phenoxy) is 1. The first kappa shape index (κ1) is 19.3. The van der Waals surface area contributed by atoms with Crippen molar-refractivity contribution in [3.05, 3.63) is 65.2 Å². The van der Waals surface area contributed by atoms with E-state index in [0.717, 1.165) is 18.4 Å². The number of likely N-dealkylation sites (tertiary alicyclic amines) is 1. The minimum Gasteiger partial charge on any atom is -0.488 e. The molecule has 2 aromatic carbocycles. The van der Waals surface area contributed by atoms with E-state index in [1.165, 1.54) is 5.56 Å². The van der Waals surface area contributed by atoms with Crippen LogP contribution in [0.5, 0.6) is 5.75 Å². The summed E-state index contributed by atoms with van der Waals surface area (Å²) >= 11 is 0. The third-order valence-corrected chi connectivity index (χ3v) is 4.59. The Hall–Kier alpha value is -2.04. The highest BCUT2D eigenvalue weighted by molar-refractivity contribution is 5.97. The SMILES string of the molecule is Cc1ccccc1COc1ccccc1C(=O)N1CCC(N)CC1.Cl. The number of hydrogen-bond acceptors (Lipinski definition) is 3. The van der Waals surface area contributed by atoms with Crippen molar-refractivity contribution in [3.8, 4) is 5.75 Å². The Balaban J connectivity index is 0.00000225. The van der Waals surface area contributed by atoms with E-state index in [4.69, 9.17) is 10.5 Å². The van der Waals surface area contributed by atoms with E-state index < -0.39 is 0 Å². The van der Waals surface area contributed by atoms with Crippen molar-refractivity contribution in [3.63, 3.8) is 0 Å². The highest BCUT2D eigenvalue weighted by Crippen LogP contribution is 2.23. The van der Waals surface area contributed by atoms with Gasteiger partial charge in [0.05, 0.1) is 5.56 Å². The molecule has 1 amide bonds. The van der Waals surface area contributed by atoms with Crippen molar-refractivity contribution in [2.75, 3.05) is 13.1 Å². The average molecular weight is 361 g/mol. The van der Waals surface area contributed by atoms with E-state index in [0.29, 0.717) is 31.0 Å². The average Bonchev–Trinajstić information content (AvgIpc) is 2.61. The molecule has 5 heteroatoms. The van der Waals surface area contributed by atoms with Gasteiger partial charge < -0.3 is 15.4 Å². The molecule has 0 aliphatic carbocycles. The zero-order valence-electron chi connectivity index (χ0n) is 14.5. The topological polar surface area (TPSA) is 55.6 Å². The first-order valence-corrected chi connectivity index (χ1v) is 8.46. The van der Waals surface area contributed by atoms with Crippen LogP contribution in [0.2, 0.25) is 0 Å². The van der Waals surface area contributed by atoms with Crippen LogP contribution >= 0.6 is 12.4 Å². The van der Waals surface area contributed by atoms with E-state index in [1.807, 2.05) is 47.4 Å². The molecule has 134 valence electrons. The number of aryl methyl sites for hydroxylation is 1. The summed E-state index contributed by atoms with van der Waals surface area (Å²) in [4.78, 5) is 14.7. The van der Waals surface area contributed by atoms with E-state index in [-0.39, 0.29) is 24.4 Å². The molecule has 1 heterocycles. The number of piperidine rings is 1. The summed E-state index contributed by atoms with van der Waals surface area (Å²) in [6.45, 7) is 3.95. The number of hydrogen-bond donors (Lipinski definition) is 1. The number of amides is 1. The Morgan fingerprint density at radius 2 is 1.76 bits per heavy atom. The van der Waals surface area contributed by atoms with Gasteiger partial charge in [0.2, 0.25) is 0 Å². The highest BCUT2D eigenvalue weighted by Gasteiger charge is 2.23. The molecule has 0 atom stereocenters. The second kappa shape index (κ2) is 8.88. The van der Waals surface area contributed by atoms with Gasteiger partial charge in [0.25, 0.3) is 5.91 Å². The Morgan fingerprint density at radius 3 is 2.48 bits per heavy atom. The van der Waals surface area contributed by atoms with Gasteiger partial charge in [-0.25, -0.2) is 0 Å². The van der Waals surface area contributed by atoms with Crippen LogP contribution in [0.4, 0.5) is 0 Å². The largest absolute Gasteiger partial charge is 0.488 e. The van der Waals surface area contributed by atoms with Gasteiger partial charge in [-0.05, 0) is 43.0 Å². The van der Waals surface area contributed by atoms with Crippen LogP contribution in [0.3, 0.4) is 0 Å². The molecular formula is C20H25ClN2O2. The van der Waals surface area contributed by atoms with Gasteiger partial charge in [0, 0.05) is 19.1 Å². The number of benzene rings is 2. The third-order valence-electron chi connectivity index (χ3n) is 4.59. The highest BCUT2D eigenvalue weighted by atomic mass is 35.5. The van der Waals surface area contributed by atoms with Gasteiger partial charge in [-0.1, -0.05) is 36.4 Å². The fourth-order valence-corrected chi connectivity index (χ4v) is 2.97. The van der Waals surface area contributed by atoms with Gasteiger partial charge in [-0.15, -0.1) is 12.4 Å². The first-order valence-electron chi connectivity index (χ1n) is 8.46. The first-order chi connectivity index (χ1) is 11.6. The van der Waals surface area contributed by atoms with Gasteiger partial charge in [0.15, 0.2) is 0 Å². The molecule has 0 bridgehead atoms. The molecule has 2 N–H and O–H groups in total. The van der Waals surface area contributed by atoms with E-state index >= 15 is 0 Å². The lowest BCUT2D eigenvalue weighted by Gasteiger charge is -2.30. The molecule has 2 aromatic rings. The molecule has 3 rings (SSSR count). The van der Waals surface area contributed by atoms with E-state index in [1.54, 1.807) is 0 Å². The van der Waals surface area contributed by atoms with Crippen molar-refractivity contribution < 1.29 is 9.53 Å². The monoisotopic (exact) mass is 360 g/mol. The van der Waals surface area contributed by atoms with Crippen LogP contribution in [0.1, 0.15) is 34.3 Å². The number of carbonyl (C=O) groups excluding carboxylic acids is 1. The minimum absolute atomic E-state index is 0. The van der Waals surface area contributed by atoms with Crippen LogP contribution in [0, 0.1) is 6.92 Å². The van der Waals surface area contributed by atoms with Gasteiger partial charge in [-0.2, -0.15) is 0 Å². The van der Waals surface area contributed by atoms with Crippen molar-refractivity contribution >= 4 is 18.3 Å². The smallest absolute Gasteiger partial charge is 0.257 e. The summed E-state index contributed by atoms with van der Waals surface area (Å²) in [6, 6.07) is 15.8. The maximum atomic E-state index is 12.8. The van der Waals surface area contributed by atoms with Gasteiger partial charge in [0.1, 0.15) is 12.4 Å². The Kier molecular flexibility index (Phi) is 6.85. The molecule has 1 fully saturated rings. The van der Waals surface area contributed by atoms with Crippen molar-refractivity contribution in [1.82, 2.24) is 4.90 Å². The Labute approximate surface area is 155 Å². The lowest BCUT2D eigenvalue weighted by Crippen LogP contribution is -2.42. The molecule has 0 saturated carbocycles. The number of halogens is 1. The van der Waals surface area contributed by atoms with E-state index in [2.05, 4.69) is 13.0 Å². The summed E-state index contributed by atoms with van der Waals surface area (Å²) in [5.74, 6) is 0.669. The maximum absolute atomic E-state index is 12.8. The van der Waals surface area contributed by atoms with Gasteiger partial charge >= 0.3 is 0 Å². The zero-order chi connectivity index (χ0) is 16.9. The minimum atomic E-state index is 0. The van der Waals surface area contributed by atoms with Crippen LogP contribution in [-0.2, 0) is 6.61 Å².